The number of nitrogens with zero attached hydrogens (tertiary/aromatic N) is 2. The zero-order valence-electron chi connectivity index (χ0n) is 14.3. The van der Waals surface area contributed by atoms with Gasteiger partial charge in [-0.3, -0.25) is 4.79 Å². The number of halogens is 2. The summed E-state index contributed by atoms with van der Waals surface area (Å²) in [6.45, 7) is 0.911. The number of hydrogen-bond acceptors (Lipinski definition) is 5. The summed E-state index contributed by atoms with van der Waals surface area (Å²) in [4.78, 5) is 25.3. The predicted octanol–water partition coefficient (Wildman–Crippen LogP) is 3.15. The molecule has 1 aromatic heterocycles. The van der Waals surface area contributed by atoms with Gasteiger partial charge in [-0.2, -0.15) is 0 Å². The summed E-state index contributed by atoms with van der Waals surface area (Å²) in [5.41, 5.74) is -0.409. The monoisotopic (exact) mass is 396 g/mol. The van der Waals surface area contributed by atoms with Gasteiger partial charge in [-0.25, -0.2) is 9.18 Å². The van der Waals surface area contributed by atoms with Gasteiger partial charge in [0, 0.05) is 19.1 Å². The fourth-order valence-corrected chi connectivity index (χ4v) is 3.90. The minimum Gasteiger partial charge on any atom is -0.449 e. The first kappa shape index (κ1) is 18.1. The van der Waals surface area contributed by atoms with Crippen LogP contribution in [0.25, 0.3) is 10.9 Å². The Hall–Kier alpha value is -2.32. The second-order valence-corrected chi connectivity index (χ2v) is 7.37. The Kier molecular flexibility index (Phi) is 4.47. The Morgan fingerprint density at radius 1 is 1.26 bits per heavy atom. The lowest BCUT2D eigenvalue weighted by Crippen LogP contribution is -2.36. The van der Waals surface area contributed by atoms with E-state index in [1.807, 2.05) is 0 Å². The first-order chi connectivity index (χ1) is 12.9. The first-order valence-electron chi connectivity index (χ1n) is 8.77. The molecule has 0 spiro atoms. The highest BCUT2D eigenvalue weighted by Crippen LogP contribution is 2.42. The molecule has 7 nitrogen and oxygen atoms in total. The number of aromatic nitrogens is 1. The van der Waals surface area contributed by atoms with Crippen LogP contribution in [-0.4, -0.2) is 40.1 Å². The van der Waals surface area contributed by atoms with E-state index in [1.54, 1.807) is 9.47 Å². The average molecular weight is 397 g/mol. The number of rotatable bonds is 3. The zero-order valence-corrected chi connectivity index (χ0v) is 15.1. The third-order valence-electron chi connectivity index (χ3n) is 5.07. The maximum atomic E-state index is 15.5. The zero-order chi connectivity index (χ0) is 19.3. The van der Waals surface area contributed by atoms with Crippen LogP contribution < -0.4 is 15.1 Å². The Morgan fingerprint density at radius 3 is 2.52 bits per heavy atom. The van der Waals surface area contributed by atoms with Gasteiger partial charge in [-0.05, 0) is 31.7 Å². The van der Waals surface area contributed by atoms with Crippen LogP contribution >= 0.6 is 11.6 Å². The maximum absolute atomic E-state index is 15.5. The molecule has 144 valence electrons. The summed E-state index contributed by atoms with van der Waals surface area (Å²) in [6.07, 6.45) is 1.86. The molecule has 2 fully saturated rings. The molecule has 0 radical (unpaired) electrons. The number of piperidine rings is 1. The van der Waals surface area contributed by atoms with Gasteiger partial charge in [0.25, 0.3) is 0 Å². The fraction of sp³-hybridized carbons (Fsp3) is 0.444. The molecule has 2 aromatic rings. The number of aliphatic hydroxyl groups excluding tert-OH is 1. The quantitative estimate of drug-likeness (QED) is 0.774. The maximum Gasteiger partial charge on any atom is 0.511 e. The second kappa shape index (κ2) is 6.69. The number of benzene rings is 1. The standard InChI is InChI=1S/C18H18ClFN2O5/c19-12-7-11-15(14(20)16(12)21-5-3-10(23)4-6-21)22(9-1-2-9)8-13(17(11)24)27-18(25)26/h7-10,23H,1-6H2,(H,25,26). The van der Waals surface area contributed by atoms with Crippen molar-refractivity contribution in [2.24, 2.45) is 0 Å². The molecule has 1 aromatic carbocycles. The van der Waals surface area contributed by atoms with Gasteiger partial charge in [0.15, 0.2) is 11.6 Å². The topological polar surface area (TPSA) is 92.0 Å². The fourth-order valence-electron chi connectivity index (χ4n) is 3.59. The number of anilines is 1. The highest BCUT2D eigenvalue weighted by molar-refractivity contribution is 6.34. The van der Waals surface area contributed by atoms with Crippen molar-refractivity contribution in [2.75, 3.05) is 18.0 Å². The largest absolute Gasteiger partial charge is 0.511 e. The van der Waals surface area contributed by atoms with Crippen LogP contribution in [0.5, 0.6) is 5.75 Å². The van der Waals surface area contributed by atoms with Gasteiger partial charge < -0.3 is 24.4 Å². The summed E-state index contributed by atoms with van der Waals surface area (Å²) in [5.74, 6) is -0.981. The molecule has 1 saturated heterocycles. The lowest BCUT2D eigenvalue weighted by atomic mass is 10.1. The molecule has 27 heavy (non-hydrogen) atoms. The van der Waals surface area contributed by atoms with E-state index >= 15 is 4.39 Å². The Morgan fingerprint density at radius 2 is 1.93 bits per heavy atom. The minimum atomic E-state index is -1.61. The lowest BCUT2D eigenvalue weighted by molar-refractivity contribution is 0.143. The molecule has 0 atom stereocenters. The van der Waals surface area contributed by atoms with Crippen molar-refractivity contribution < 1.29 is 24.1 Å². The summed E-state index contributed by atoms with van der Waals surface area (Å²) >= 11 is 6.31. The summed E-state index contributed by atoms with van der Waals surface area (Å²) in [6, 6.07) is 1.35. The van der Waals surface area contributed by atoms with Gasteiger partial charge in [0.05, 0.1) is 33.9 Å². The van der Waals surface area contributed by atoms with Crippen LogP contribution in [-0.2, 0) is 0 Å². The molecule has 1 aliphatic carbocycles. The van der Waals surface area contributed by atoms with E-state index in [4.69, 9.17) is 16.7 Å². The summed E-state index contributed by atoms with van der Waals surface area (Å²) < 4.78 is 21.7. The van der Waals surface area contributed by atoms with E-state index < -0.39 is 23.5 Å². The molecule has 9 heteroatoms. The normalized spacial score (nSPS) is 18.1. The molecule has 2 aliphatic rings. The van der Waals surface area contributed by atoms with Gasteiger partial charge in [0.1, 0.15) is 0 Å². The number of pyridine rings is 1. The second-order valence-electron chi connectivity index (χ2n) is 6.96. The Labute approximate surface area is 158 Å². The lowest BCUT2D eigenvalue weighted by Gasteiger charge is -2.32. The molecular formula is C18H18ClFN2O5. The smallest absolute Gasteiger partial charge is 0.449 e. The molecule has 1 aliphatic heterocycles. The highest BCUT2D eigenvalue weighted by atomic mass is 35.5. The Bertz CT molecular complexity index is 980. The van der Waals surface area contributed by atoms with E-state index in [0.717, 1.165) is 12.8 Å². The van der Waals surface area contributed by atoms with Crippen molar-refractivity contribution in [1.29, 1.82) is 0 Å². The van der Waals surface area contributed by atoms with Gasteiger partial charge in [-0.1, -0.05) is 11.6 Å². The minimum absolute atomic E-state index is 0.0102. The highest BCUT2D eigenvalue weighted by Gasteiger charge is 2.31. The van der Waals surface area contributed by atoms with Crippen molar-refractivity contribution in [1.82, 2.24) is 4.57 Å². The van der Waals surface area contributed by atoms with Crippen molar-refractivity contribution in [2.45, 2.75) is 37.8 Å². The van der Waals surface area contributed by atoms with Crippen molar-refractivity contribution >= 4 is 34.3 Å². The van der Waals surface area contributed by atoms with E-state index in [0.29, 0.717) is 25.9 Å². The third kappa shape index (κ3) is 3.23. The number of aliphatic hydroxyl groups is 1. The molecule has 0 amide bonds. The van der Waals surface area contributed by atoms with Gasteiger partial charge in [-0.15, -0.1) is 0 Å². The van der Waals surface area contributed by atoms with Crippen LogP contribution in [0.1, 0.15) is 31.7 Å². The summed E-state index contributed by atoms with van der Waals surface area (Å²) in [5, 5.41) is 18.6. The van der Waals surface area contributed by atoms with E-state index in [9.17, 15) is 14.7 Å². The average Bonchev–Trinajstić information content (AvgIpc) is 3.44. The molecule has 0 bridgehead atoms. The van der Waals surface area contributed by atoms with Crippen molar-refractivity contribution in [3.63, 3.8) is 0 Å². The molecule has 2 N–H and O–H groups in total. The third-order valence-corrected chi connectivity index (χ3v) is 5.36. The van der Waals surface area contributed by atoms with Crippen molar-refractivity contribution in [3.8, 4) is 5.75 Å². The molecule has 4 rings (SSSR count). The van der Waals surface area contributed by atoms with Crippen LogP contribution in [0.15, 0.2) is 17.1 Å². The van der Waals surface area contributed by atoms with Crippen LogP contribution in [0.4, 0.5) is 14.9 Å². The van der Waals surface area contributed by atoms with Crippen LogP contribution in [0.3, 0.4) is 0 Å². The molecule has 2 heterocycles. The summed E-state index contributed by atoms with van der Waals surface area (Å²) in [7, 11) is 0. The number of hydrogen-bond donors (Lipinski definition) is 2. The van der Waals surface area contributed by atoms with E-state index in [-0.39, 0.29) is 33.4 Å². The van der Waals surface area contributed by atoms with Crippen LogP contribution in [0.2, 0.25) is 5.02 Å². The SMILES string of the molecule is O=C(O)Oc1cn(C2CC2)c2c(F)c(N3CCC(O)CC3)c(Cl)cc2c1=O. The number of carboxylic acid groups (broad SMARTS) is 1. The van der Waals surface area contributed by atoms with Gasteiger partial charge in [0.2, 0.25) is 5.43 Å². The first-order valence-corrected chi connectivity index (χ1v) is 9.15. The Balaban J connectivity index is 1.92. The van der Waals surface area contributed by atoms with Crippen molar-refractivity contribution in [3.05, 3.63) is 33.3 Å². The van der Waals surface area contributed by atoms with Crippen LogP contribution in [0, 0.1) is 5.82 Å². The molecular weight excluding hydrogens is 379 g/mol. The van der Waals surface area contributed by atoms with E-state index in [1.165, 1.54) is 12.3 Å². The predicted molar refractivity (Wildman–Crippen MR) is 97.6 cm³/mol. The molecule has 1 saturated carbocycles. The number of carbonyl (C=O) groups is 1. The molecule has 0 unspecified atom stereocenters. The van der Waals surface area contributed by atoms with E-state index in [2.05, 4.69) is 4.74 Å². The number of fused-ring (bicyclic) bond motifs is 1. The van der Waals surface area contributed by atoms with Gasteiger partial charge >= 0.3 is 6.16 Å². The number of ether oxygens (including phenoxy) is 1.